The first-order valence-electron chi connectivity index (χ1n) is 5.48. The lowest BCUT2D eigenvalue weighted by Gasteiger charge is -2.09. The molecule has 20 heavy (non-hydrogen) atoms. The topological polar surface area (TPSA) is 90.0 Å². The quantitative estimate of drug-likeness (QED) is 0.838. The molecule has 0 saturated carbocycles. The first kappa shape index (κ1) is 14.3. The first-order valence-corrected chi connectivity index (χ1v) is 6.96. The van der Waals surface area contributed by atoms with Gasteiger partial charge in [-0.05, 0) is 13.0 Å². The van der Waals surface area contributed by atoms with E-state index < -0.39 is 32.2 Å². The molecule has 0 radical (unpaired) electrons. The lowest BCUT2D eigenvalue weighted by Crippen LogP contribution is -2.15. The predicted octanol–water partition coefficient (Wildman–Crippen LogP) is 1.39. The van der Waals surface area contributed by atoms with Crippen molar-refractivity contribution in [2.45, 2.75) is 11.8 Å². The molecular weight excluding hydrogens is 290 g/mol. The second-order valence-electron chi connectivity index (χ2n) is 4.21. The number of halogens is 2. The van der Waals surface area contributed by atoms with Crippen molar-refractivity contribution in [3.63, 3.8) is 0 Å². The minimum Gasteiger partial charge on any atom is -0.396 e. The highest BCUT2D eigenvalue weighted by Gasteiger charge is 2.22. The molecule has 0 aliphatic carbocycles. The highest BCUT2D eigenvalue weighted by molar-refractivity contribution is 7.92. The van der Waals surface area contributed by atoms with E-state index in [0.717, 1.165) is 6.07 Å². The van der Waals surface area contributed by atoms with Gasteiger partial charge in [-0.2, -0.15) is 5.10 Å². The molecule has 0 aliphatic heterocycles. The van der Waals surface area contributed by atoms with Crippen LogP contribution in [0.1, 0.15) is 5.69 Å². The van der Waals surface area contributed by atoms with Crippen LogP contribution in [0.2, 0.25) is 0 Å². The van der Waals surface area contributed by atoms with Crippen molar-refractivity contribution < 1.29 is 17.2 Å². The van der Waals surface area contributed by atoms with E-state index in [1.54, 1.807) is 14.0 Å². The van der Waals surface area contributed by atoms with E-state index in [2.05, 4.69) is 9.82 Å². The molecule has 0 atom stereocenters. The summed E-state index contributed by atoms with van der Waals surface area (Å²) < 4.78 is 54.4. The van der Waals surface area contributed by atoms with Crippen molar-refractivity contribution in [1.29, 1.82) is 0 Å². The Balaban J connectivity index is 2.46. The molecule has 0 amide bonds. The molecule has 3 N–H and O–H groups in total. The standard InChI is InChI=1S/C11H12F2N4O2S/c1-6-10(5-17(2)15-6)16-20(18,19)11-4-9(14)7(12)3-8(11)13/h3-5,16H,14H2,1-2H3. The number of aromatic nitrogens is 2. The van der Waals surface area contributed by atoms with Crippen LogP contribution in [0.25, 0.3) is 0 Å². The number of hydrogen-bond donors (Lipinski definition) is 2. The second kappa shape index (κ2) is 4.75. The van der Waals surface area contributed by atoms with Gasteiger partial charge in [0.2, 0.25) is 0 Å². The molecule has 1 aromatic heterocycles. The minimum atomic E-state index is -4.22. The van der Waals surface area contributed by atoms with E-state index in [-0.39, 0.29) is 5.69 Å². The number of benzene rings is 1. The fourth-order valence-corrected chi connectivity index (χ4v) is 2.85. The third kappa shape index (κ3) is 2.57. The van der Waals surface area contributed by atoms with E-state index >= 15 is 0 Å². The van der Waals surface area contributed by atoms with Crippen LogP contribution < -0.4 is 10.5 Å². The SMILES string of the molecule is Cc1nn(C)cc1NS(=O)(=O)c1cc(N)c(F)cc1F. The molecule has 0 unspecified atom stereocenters. The molecule has 1 heterocycles. The molecule has 108 valence electrons. The monoisotopic (exact) mass is 302 g/mol. The van der Waals surface area contributed by atoms with Gasteiger partial charge in [-0.15, -0.1) is 0 Å². The van der Waals surface area contributed by atoms with Gasteiger partial charge in [0.15, 0.2) is 0 Å². The third-order valence-corrected chi connectivity index (χ3v) is 3.98. The van der Waals surface area contributed by atoms with Crippen molar-refractivity contribution >= 4 is 21.4 Å². The predicted molar refractivity (Wildman–Crippen MR) is 69.5 cm³/mol. The largest absolute Gasteiger partial charge is 0.396 e. The fourth-order valence-electron chi connectivity index (χ4n) is 1.65. The molecular formula is C11H12F2N4O2S. The average Bonchev–Trinajstić information content (AvgIpc) is 2.61. The Bertz CT molecular complexity index is 771. The summed E-state index contributed by atoms with van der Waals surface area (Å²) in [4.78, 5) is -0.723. The summed E-state index contributed by atoms with van der Waals surface area (Å²) in [6.07, 6.45) is 1.43. The number of rotatable bonds is 3. The zero-order valence-electron chi connectivity index (χ0n) is 10.7. The van der Waals surface area contributed by atoms with Gasteiger partial charge in [0, 0.05) is 19.3 Å². The van der Waals surface area contributed by atoms with Gasteiger partial charge in [0.25, 0.3) is 10.0 Å². The summed E-state index contributed by atoms with van der Waals surface area (Å²) in [6, 6.07) is 1.17. The third-order valence-electron chi connectivity index (χ3n) is 2.60. The molecule has 0 spiro atoms. The van der Waals surface area contributed by atoms with E-state index in [1.807, 2.05) is 0 Å². The number of nitrogens with one attached hydrogen (secondary N) is 1. The summed E-state index contributed by atoms with van der Waals surface area (Å²) in [5.41, 5.74) is 5.44. The Morgan fingerprint density at radius 1 is 1.30 bits per heavy atom. The summed E-state index contributed by atoms with van der Waals surface area (Å²) in [6.45, 7) is 1.59. The molecule has 2 aromatic rings. The zero-order valence-corrected chi connectivity index (χ0v) is 11.5. The van der Waals surface area contributed by atoms with Gasteiger partial charge in [-0.1, -0.05) is 0 Å². The smallest absolute Gasteiger partial charge is 0.265 e. The lowest BCUT2D eigenvalue weighted by atomic mass is 10.3. The number of sulfonamides is 1. The number of hydrogen-bond acceptors (Lipinski definition) is 4. The van der Waals surface area contributed by atoms with Crippen LogP contribution in [-0.2, 0) is 17.1 Å². The van der Waals surface area contributed by atoms with Gasteiger partial charge in [0.05, 0.1) is 17.1 Å². The normalized spacial score (nSPS) is 11.6. The van der Waals surface area contributed by atoms with E-state index in [0.29, 0.717) is 11.8 Å². The van der Waals surface area contributed by atoms with Crippen molar-refractivity contribution in [1.82, 2.24) is 9.78 Å². The van der Waals surface area contributed by atoms with Gasteiger partial charge in [0.1, 0.15) is 16.5 Å². The Hall–Kier alpha value is -2.16. The lowest BCUT2D eigenvalue weighted by molar-refractivity contribution is 0.553. The van der Waals surface area contributed by atoms with Crippen LogP contribution in [0.5, 0.6) is 0 Å². The van der Waals surface area contributed by atoms with Gasteiger partial charge in [-0.3, -0.25) is 9.40 Å². The van der Waals surface area contributed by atoms with Crippen LogP contribution in [0.15, 0.2) is 23.2 Å². The van der Waals surface area contributed by atoms with Crippen molar-refractivity contribution in [2.75, 3.05) is 10.5 Å². The molecule has 0 saturated heterocycles. The van der Waals surface area contributed by atoms with Gasteiger partial charge >= 0.3 is 0 Å². The van der Waals surface area contributed by atoms with Crippen molar-refractivity contribution in [3.8, 4) is 0 Å². The molecule has 0 bridgehead atoms. The van der Waals surface area contributed by atoms with Crippen molar-refractivity contribution in [3.05, 3.63) is 35.7 Å². The maximum Gasteiger partial charge on any atom is 0.265 e. The van der Waals surface area contributed by atoms with Crippen LogP contribution in [0.3, 0.4) is 0 Å². The van der Waals surface area contributed by atoms with Crippen LogP contribution in [-0.4, -0.2) is 18.2 Å². The maximum absolute atomic E-state index is 13.6. The fraction of sp³-hybridized carbons (Fsp3) is 0.182. The summed E-state index contributed by atoms with van der Waals surface area (Å²) in [5.74, 6) is -2.23. The molecule has 1 aromatic carbocycles. The Morgan fingerprint density at radius 3 is 2.50 bits per heavy atom. The second-order valence-corrected chi connectivity index (χ2v) is 5.86. The Morgan fingerprint density at radius 2 is 1.95 bits per heavy atom. The van der Waals surface area contributed by atoms with E-state index in [9.17, 15) is 17.2 Å². The molecule has 9 heteroatoms. The van der Waals surface area contributed by atoms with Crippen LogP contribution in [0, 0.1) is 18.6 Å². The van der Waals surface area contributed by atoms with E-state index in [4.69, 9.17) is 5.73 Å². The number of nitrogen functional groups attached to an aromatic ring is 1. The number of nitrogens with zero attached hydrogens (tertiary/aromatic N) is 2. The molecule has 6 nitrogen and oxygen atoms in total. The summed E-state index contributed by atoms with van der Waals surface area (Å²) >= 11 is 0. The van der Waals surface area contributed by atoms with E-state index in [1.165, 1.54) is 10.9 Å². The maximum atomic E-state index is 13.6. The summed E-state index contributed by atoms with van der Waals surface area (Å²) in [7, 11) is -2.61. The first-order chi connectivity index (χ1) is 9.20. The Labute approximate surface area is 114 Å². The van der Waals surface area contributed by atoms with Gasteiger partial charge < -0.3 is 5.73 Å². The highest BCUT2D eigenvalue weighted by atomic mass is 32.2. The highest BCUT2D eigenvalue weighted by Crippen LogP contribution is 2.24. The number of nitrogens with two attached hydrogens (primary N) is 1. The van der Waals surface area contributed by atoms with Crippen LogP contribution >= 0.6 is 0 Å². The number of aryl methyl sites for hydroxylation is 2. The molecule has 0 fully saturated rings. The zero-order chi connectivity index (χ0) is 15.1. The molecule has 2 rings (SSSR count). The number of anilines is 2. The van der Waals surface area contributed by atoms with Gasteiger partial charge in [-0.25, -0.2) is 17.2 Å². The Kier molecular flexibility index (Phi) is 3.38. The average molecular weight is 302 g/mol. The summed E-state index contributed by atoms with van der Waals surface area (Å²) in [5, 5.41) is 3.95. The van der Waals surface area contributed by atoms with Crippen molar-refractivity contribution in [2.24, 2.45) is 7.05 Å². The van der Waals surface area contributed by atoms with Crippen LogP contribution in [0.4, 0.5) is 20.2 Å². The molecule has 0 aliphatic rings. The minimum absolute atomic E-state index is 0.204.